The second kappa shape index (κ2) is 17.3. The van der Waals surface area contributed by atoms with Gasteiger partial charge in [-0.05, 0) is 61.1 Å². The Kier molecular flexibility index (Phi) is 11.8. The van der Waals surface area contributed by atoms with Crippen LogP contribution in [0.2, 0.25) is 0 Å². The Bertz CT molecular complexity index is 2660. The summed E-state index contributed by atoms with van der Waals surface area (Å²) in [6.07, 6.45) is 31.9. The van der Waals surface area contributed by atoms with Crippen molar-refractivity contribution in [3.8, 4) is 0 Å². The molecule has 0 N–H and O–H groups in total. The molecule has 0 atom stereocenters. The third-order valence-electron chi connectivity index (χ3n) is 11.9. The van der Waals surface area contributed by atoms with Crippen molar-refractivity contribution in [1.29, 1.82) is 0 Å². The van der Waals surface area contributed by atoms with E-state index in [0.29, 0.717) is 32.7 Å². The van der Waals surface area contributed by atoms with E-state index in [4.69, 9.17) is 19.9 Å². The van der Waals surface area contributed by atoms with E-state index >= 15 is 0 Å². The molecule has 7 heterocycles. The molecule has 0 saturated heterocycles. The van der Waals surface area contributed by atoms with Crippen molar-refractivity contribution in [1.82, 2.24) is 28.7 Å². The Morgan fingerprint density at radius 3 is 1.45 bits per heavy atom. The summed E-state index contributed by atoms with van der Waals surface area (Å²) in [6, 6.07) is 8.04. The first kappa shape index (κ1) is 37.7. The molecule has 9 heteroatoms. The summed E-state index contributed by atoms with van der Waals surface area (Å²) in [5.74, 6) is 0. The zero-order valence-corrected chi connectivity index (χ0v) is 33.7. The van der Waals surface area contributed by atoms with Gasteiger partial charge in [-0.1, -0.05) is 129 Å². The summed E-state index contributed by atoms with van der Waals surface area (Å²) in [4.78, 5) is 48.0. The fourth-order valence-corrected chi connectivity index (χ4v) is 10.0. The maximum atomic E-state index is 14.3. The molecule has 0 unspecified atom stereocenters. The van der Waals surface area contributed by atoms with E-state index < -0.39 is 0 Å². The third kappa shape index (κ3) is 7.53. The highest BCUT2D eigenvalue weighted by molar-refractivity contribution is 7.26. The lowest BCUT2D eigenvalue weighted by molar-refractivity contribution is 0.556. The van der Waals surface area contributed by atoms with Crippen LogP contribution in [0.3, 0.4) is 0 Å². The van der Waals surface area contributed by atoms with E-state index in [9.17, 15) is 9.59 Å². The van der Waals surface area contributed by atoms with E-state index in [1.807, 2.05) is 24.5 Å². The average Bonchev–Trinajstić information content (AvgIpc) is 3.90. The number of hydrogen-bond donors (Lipinski definition) is 0. The number of pyridine rings is 4. The highest BCUT2D eigenvalue weighted by Gasteiger charge is 2.25. The monoisotopic (exact) mass is 756 g/mol. The van der Waals surface area contributed by atoms with Gasteiger partial charge in [-0.3, -0.25) is 9.59 Å². The zero-order chi connectivity index (χ0) is 37.7. The van der Waals surface area contributed by atoms with Crippen LogP contribution in [-0.2, 0) is 12.8 Å². The Morgan fingerprint density at radius 1 is 0.491 bits per heavy atom. The molecular weight excluding hydrogens is 701 g/mol. The number of nitrogens with zero attached hydrogens (tertiary/aromatic N) is 6. The van der Waals surface area contributed by atoms with Crippen LogP contribution in [-0.4, -0.2) is 28.7 Å². The fraction of sp³-hybridized carbons (Fsp3) is 0.522. The Morgan fingerprint density at radius 2 is 0.927 bits per heavy atom. The highest BCUT2D eigenvalue weighted by atomic mass is 32.1. The van der Waals surface area contributed by atoms with Gasteiger partial charge in [0.15, 0.2) is 16.9 Å². The maximum Gasteiger partial charge on any atom is 0.276 e. The summed E-state index contributed by atoms with van der Waals surface area (Å²) in [5, 5.41) is 3.04. The van der Waals surface area contributed by atoms with Crippen molar-refractivity contribution >= 4 is 75.9 Å². The van der Waals surface area contributed by atoms with Crippen LogP contribution in [0.1, 0.15) is 153 Å². The van der Waals surface area contributed by atoms with Gasteiger partial charge in [-0.15, -0.1) is 11.3 Å². The van der Waals surface area contributed by atoms with Gasteiger partial charge in [0.25, 0.3) is 11.1 Å². The molecule has 0 aliphatic heterocycles. The number of imidazole rings is 2. The largest absolute Gasteiger partial charge is 0.276 e. The SMILES string of the molecule is CCCCCCCCCCCCc1cnc2c(c1)nc1c3ccc4c(=O)n5c6ncc(CCCCCCCCCCCC)cc6nc5c5sc(c(=O)n21)c3c45. The molecule has 0 amide bonds. The molecule has 8 nitrogen and oxygen atoms in total. The minimum atomic E-state index is -0.152. The van der Waals surface area contributed by atoms with Gasteiger partial charge in [0.2, 0.25) is 0 Å². The molecule has 0 fully saturated rings. The average molecular weight is 757 g/mol. The van der Waals surface area contributed by atoms with Gasteiger partial charge >= 0.3 is 0 Å². The van der Waals surface area contributed by atoms with E-state index in [1.54, 1.807) is 8.80 Å². The maximum absolute atomic E-state index is 14.3. The van der Waals surface area contributed by atoms with E-state index in [-0.39, 0.29) is 11.1 Å². The lowest BCUT2D eigenvalue weighted by Gasteiger charge is -2.05. The van der Waals surface area contributed by atoms with Crippen LogP contribution < -0.4 is 11.1 Å². The highest BCUT2D eigenvalue weighted by Crippen LogP contribution is 2.41. The number of hydrogen-bond acceptors (Lipinski definition) is 7. The second-order valence-electron chi connectivity index (χ2n) is 16.1. The topological polar surface area (TPSA) is 94.5 Å². The lowest BCUT2D eigenvalue weighted by atomic mass is 10.0. The van der Waals surface area contributed by atoms with Crippen LogP contribution in [0.15, 0.2) is 46.2 Å². The molecule has 55 heavy (non-hydrogen) atoms. The molecule has 1 aromatic carbocycles. The molecule has 0 aliphatic carbocycles. The quantitative estimate of drug-likeness (QED) is 0.0505. The number of rotatable bonds is 22. The van der Waals surface area contributed by atoms with Crippen LogP contribution in [0.25, 0.3) is 64.6 Å². The molecule has 8 rings (SSSR count). The third-order valence-corrected chi connectivity index (χ3v) is 13.1. The second-order valence-corrected chi connectivity index (χ2v) is 17.1. The number of thiophene rings is 1. The summed E-state index contributed by atoms with van der Waals surface area (Å²) >= 11 is 1.42. The molecule has 288 valence electrons. The summed E-state index contributed by atoms with van der Waals surface area (Å²) in [6.45, 7) is 4.54. The Balaban J connectivity index is 1.01. The van der Waals surface area contributed by atoms with Crippen LogP contribution in [0, 0.1) is 0 Å². The molecular formula is C46H56N6O2S. The summed E-state index contributed by atoms with van der Waals surface area (Å²) in [5.41, 5.74) is 5.80. The molecule has 0 bridgehead atoms. The van der Waals surface area contributed by atoms with Gasteiger partial charge in [-0.2, -0.15) is 0 Å². The van der Waals surface area contributed by atoms with Gasteiger partial charge < -0.3 is 0 Å². The predicted molar refractivity (Wildman–Crippen MR) is 231 cm³/mol. The number of fused-ring (bicyclic) bond motifs is 8. The van der Waals surface area contributed by atoms with E-state index in [0.717, 1.165) is 68.7 Å². The van der Waals surface area contributed by atoms with Crippen molar-refractivity contribution < 1.29 is 0 Å². The van der Waals surface area contributed by atoms with Crippen molar-refractivity contribution in [2.45, 2.75) is 155 Å². The zero-order valence-electron chi connectivity index (χ0n) is 32.9. The number of unbranched alkanes of at least 4 members (excludes halogenated alkanes) is 18. The first-order valence-electron chi connectivity index (χ1n) is 21.5. The molecule has 8 aromatic rings. The standard InChI is InChI=1S/C46H56N6O2S/c1-3-5-7-9-11-13-15-17-19-21-23-31-27-35-42(47-29-31)51-41(49-35)33-25-26-34-38-37(33)40(46(51)54)55-39(38)44-50-36-28-32(30-48-43(36)52(44)45(34)53)24-22-20-18-16-14-12-10-8-6-4-2/h25-30H,3-24H2,1-2H3. The van der Waals surface area contributed by atoms with Gasteiger partial charge in [0, 0.05) is 33.9 Å². The number of aromatic nitrogens is 6. The number of aryl methyl sites for hydroxylation is 2. The van der Waals surface area contributed by atoms with Crippen LogP contribution in [0.4, 0.5) is 0 Å². The predicted octanol–water partition coefficient (Wildman–Crippen LogP) is 12.1. The molecule has 0 spiro atoms. The van der Waals surface area contributed by atoms with Crippen molar-refractivity contribution in [2.75, 3.05) is 0 Å². The van der Waals surface area contributed by atoms with Gasteiger partial charge in [0.05, 0.1) is 4.70 Å². The van der Waals surface area contributed by atoms with Crippen LogP contribution >= 0.6 is 11.3 Å². The van der Waals surface area contributed by atoms with Crippen molar-refractivity contribution in [2.24, 2.45) is 0 Å². The van der Waals surface area contributed by atoms with E-state index in [2.05, 4.69) is 26.0 Å². The smallest absolute Gasteiger partial charge is 0.268 e. The fourth-order valence-electron chi connectivity index (χ4n) is 8.81. The molecule has 0 aliphatic rings. The minimum Gasteiger partial charge on any atom is -0.268 e. The minimum absolute atomic E-state index is 0.146. The van der Waals surface area contributed by atoms with Crippen molar-refractivity contribution in [3.63, 3.8) is 0 Å². The molecule has 0 radical (unpaired) electrons. The first-order valence-corrected chi connectivity index (χ1v) is 22.3. The Hall–Kier alpha value is -4.24. The molecule has 7 aromatic heterocycles. The lowest BCUT2D eigenvalue weighted by Crippen LogP contribution is -2.14. The molecule has 0 saturated carbocycles. The van der Waals surface area contributed by atoms with Gasteiger partial charge in [-0.25, -0.2) is 28.7 Å². The normalized spacial score (nSPS) is 12.5. The summed E-state index contributed by atoms with van der Waals surface area (Å²) < 4.78 is 4.75. The van der Waals surface area contributed by atoms with E-state index in [1.165, 1.54) is 127 Å². The first-order chi connectivity index (χ1) is 27.1. The van der Waals surface area contributed by atoms with Crippen LogP contribution in [0.5, 0.6) is 0 Å². The Labute approximate surface area is 327 Å². The summed E-state index contributed by atoms with van der Waals surface area (Å²) in [7, 11) is 0. The number of benzene rings is 1. The van der Waals surface area contributed by atoms with Gasteiger partial charge in [0.1, 0.15) is 21.4 Å². The van der Waals surface area contributed by atoms with Crippen molar-refractivity contribution in [3.05, 3.63) is 68.5 Å².